The van der Waals surface area contributed by atoms with Gasteiger partial charge in [0.05, 0.1) is 24.8 Å². The summed E-state index contributed by atoms with van der Waals surface area (Å²) in [6.45, 7) is 0.485. The van der Waals surface area contributed by atoms with Crippen LogP contribution in [-0.4, -0.2) is 28.5 Å². The highest BCUT2D eigenvalue weighted by Gasteiger charge is 2.41. The van der Waals surface area contributed by atoms with Gasteiger partial charge in [0.1, 0.15) is 5.76 Å². The number of azide groups is 1. The highest BCUT2D eigenvalue weighted by Crippen LogP contribution is 2.40. The molecule has 0 aromatic heterocycles. The number of hydrogen-bond donors (Lipinski definition) is 3. The fourth-order valence-electron chi connectivity index (χ4n) is 1.86. The fraction of sp³-hybridized carbons (Fsp3) is 0.500. The summed E-state index contributed by atoms with van der Waals surface area (Å²) in [6, 6.07) is 0. The van der Waals surface area contributed by atoms with Crippen LogP contribution < -0.4 is 0 Å². The van der Waals surface area contributed by atoms with E-state index in [0.29, 0.717) is 0 Å². The fourth-order valence-corrected chi connectivity index (χ4v) is 1.86. The van der Waals surface area contributed by atoms with Gasteiger partial charge in [-0.25, -0.2) is 0 Å². The van der Waals surface area contributed by atoms with Crippen molar-refractivity contribution in [3.8, 4) is 0 Å². The zero-order chi connectivity index (χ0) is 11.0. The van der Waals surface area contributed by atoms with Gasteiger partial charge >= 0.3 is 0 Å². The molecule has 1 aliphatic heterocycles. The Bertz CT molecular complexity index is 408. The van der Waals surface area contributed by atoms with Crippen LogP contribution in [0.4, 0.5) is 0 Å². The van der Waals surface area contributed by atoms with E-state index in [9.17, 15) is 15.3 Å². The summed E-state index contributed by atoms with van der Waals surface area (Å²) in [5, 5.41) is 31.7. The molecule has 2 atom stereocenters. The van der Waals surface area contributed by atoms with E-state index < -0.39 is 23.4 Å². The van der Waals surface area contributed by atoms with E-state index in [1.807, 2.05) is 0 Å². The van der Waals surface area contributed by atoms with E-state index in [0.717, 1.165) is 0 Å². The molecule has 1 aliphatic carbocycles. The van der Waals surface area contributed by atoms with Gasteiger partial charge in [-0.2, -0.15) is 0 Å². The highest BCUT2D eigenvalue weighted by molar-refractivity contribution is 5.35. The first-order valence-electron chi connectivity index (χ1n) is 4.35. The van der Waals surface area contributed by atoms with Gasteiger partial charge in [0.15, 0.2) is 11.5 Å². The van der Waals surface area contributed by atoms with Gasteiger partial charge in [-0.15, -0.1) is 0 Å². The second-order valence-electron chi connectivity index (χ2n) is 3.41. The summed E-state index contributed by atoms with van der Waals surface area (Å²) in [5.74, 6) is -2.36. The molecule has 3 N–H and O–H groups in total. The number of hydrogen-bond acceptors (Lipinski definition) is 5. The normalized spacial score (nSPS) is 30.1. The van der Waals surface area contributed by atoms with Crippen LogP contribution in [0.3, 0.4) is 0 Å². The van der Waals surface area contributed by atoms with Crippen molar-refractivity contribution in [3.05, 3.63) is 33.4 Å². The third-order valence-electron chi connectivity index (χ3n) is 2.64. The molecule has 0 amide bonds. The van der Waals surface area contributed by atoms with Gasteiger partial charge in [0.25, 0.3) is 0 Å². The lowest BCUT2D eigenvalue weighted by Crippen LogP contribution is -2.24. The van der Waals surface area contributed by atoms with Crippen molar-refractivity contribution >= 4 is 0 Å². The highest BCUT2D eigenvalue weighted by atomic mass is 16.5. The van der Waals surface area contributed by atoms with E-state index in [1.165, 1.54) is 0 Å². The van der Waals surface area contributed by atoms with Gasteiger partial charge in [0.2, 0.25) is 0 Å². The predicted molar refractivity (Wildman–Crippen MR) is 48.9 cm³/mol. The first kappa shape index (κ1) is 9.70. The maximum absolute atomic E-state index is 9.52. The quantitative estimate of drug-likeness (QED) is 0.347. The molecule has 1 saturated heterocycles. The third-order valence-corrected chi connectivity index (χ3v) is 2.64. The number of aliphatic hydroxyl groups is 3. The Kier molecular flexibility index (Phi) is 2.18. The smallest absolute Gasteiger partial charge is 0.196 e. The Morgan fingerprint density at radius 1 is 1.20 bits per heavy atom. The Morgan fingerprint density at radius 2 is 1.87 bits per heavy atom. The van der Waals surface area contributed by atoms with Gasteiger partial charge in [0, 0.05) is 10.8 Å². The van der Waals surface area contributed by atoms with Crippen molar-refractivity contribution in [1.29, 1.82) is 0 Å². The summed E-state index contributed by atoms with van der Waals surface area (Å²) >= 11 is 0. The van der Waals surface area contributed by atoms with Crippen LogP contribution in [0, 0.1) is 11.8 Å². The molecular formula is C8H9N3O4. The molecule has 0 unspecified atom stereocenters. The third kappa shape index (κ3) is 1.29. The molecule has 2 rings (SSSR count). The monoisotopic (exact) mass is 211 g/mol. The second-order valence-corrected chi connectivity index (χ2v) is 3.41. The van der Waals surface area contributed by atoms with Crippen LogP contribution in [-0.2, 0) is 4.74 Å². The summed E-state index contributed by atoms with van der Waals surface area (Å²) in [4.78, 5) is 2.57. The molecule has 15 heavy (non-hydrogen) atoms. The number of aliphatic hydroxyl groups excluding tert-OH is 3. The molecule has 2 aliphatic rings. The Balaban J connectivity index is 2.53. The molecule has 7 heteroatoms. The summed E-state index contributed by atoms with van der Waals surface area (Å²) in [7, 11) is 0. The number of fused-ring (bicyclic) bond motifs is 1. The predicted octanol–water partition coefficient (Wildman–Crippen LogP) is 1.67. The molecule has 0 aromatic carbocycles. The van der Waals surface area contributed by atoms with Crippen LogP contribution in [0.25, 0.3) is 10.4 Å². The van der Waals surface area contributed by atoms with Gasteiger partial charge in [-0.1, -0.05) is 5.11 Å². The molecule has 0 radical (unpaired) electrons. The van der Waals surface area contributed by atoms with E-state index in [-0.39, 0.29) is 24.7 Å². The van der Waals surface area contributed by atoms with Crippen molar-refractivity contribution in [3.63, 3.8) is 0 Å². The van der Waals surface area contributed by atoms with Crippen molar-refractivity contribution in [2.75, 3.05) is 13.2 Å². The minimum absolute atomic E-state index is 0.0234. The van der Waals surface area contributed by atoms with Gasteiger partial charge in [-0.05, 0) is 5.53 Å². The number of rotatable bonds is 1. The van der Waals surface area contributed by atoms with Crippen molar-refractivity contribution in [1.82, 2.24) is 0 Å². The molecule has 0 spiro atoms. The first-order valence-corrected chi connectivity index (χ1v) is 4.35. The maximum atomic E-state index is 9.52. The second kappa shape index (κ2) is 3.38. The minimum atomic E-state index is -0.635. The molecule has 0 aromatic rings. The molecule has 80 valence electrons. The largest absolute Gasteiger partial charge is 0.508 e. The topological polar surface area (TPSA) is 119 Å². The maximum Gasteiger partial charge on any atom is 0.196 e. The average molecular weight is 211 g/mol. The van der Waals surface area contributed by atoms with Gasteiger partial charge in [-0.3, -0.25) is 0 Å². The number of ether oxygens (including phenoxy) is 1. The Morgan fingerprint density at radius 3 is 2.53 bits per heavy atom. The molecular weight excluding hydrogens is 202 g/mol. The van der Waals surface area contributed by atoms with E-state index in [4.69, 9.17) is 10.3 Å². The van der Waals surface area contributed by atoms with Crippen LogP contribution in [0.15, 0.2) is 28.1 Å². The van der Waals surface area contributed by atoms with Crippen molar-refractivity contribution in [2.45, 2.75) is 0 Å². The lowest BCUT2D eigenvalue weighted by molar-refractivity contribution is 0.176. The molecule has 0 saturated carbocycles. The van der Waals surface area contributed by atoms with E-state index in [1.54, 1.807) is 0 Å². The lowest BCUT2D eigenvalue weighted by atomic mass is 9.86. The molecule has 1 heterocycles. The lowest BCUT2D eigenvalue weighted by Gasteiger charge is -2.23. The molecule has 0 bridgehead atoms. The van der Waals surface area contributed by atoms with Crippen LogP contribution in [0.2, 0.25) is 0 Å². The van der Waals surface area contributed by atoms with E-state index in [2.05, 4.69) is 10.0 Å². The van der Waals surface area contributed by atoms with Crippen molar-refractivity contribution in [2.24, 2.45) is 17.0 Å². The van der Waals surface area contributed by atoms with Crippen LogP contribution in [0.5, 0.6) is 0 Å². The zero-order valence-corrected chi connectivity index (χ0v) is 7.66. The van der Waals surface area contributed by atoms with Crippen LogP contribution >= 0.6 is 0 Å². The summed E-state index contributed by atoms with van der Waals surface area (Å²) in [6.07, 6.45) is 0. The Labute approximate surface area is 84.5 Å². The molecule has 7 nitrogen and oxygen atoms in total. The summed E-state index contributed by atoms with van der Waals surface area (Å²) < 4.78 is 5.10. The SMILES string of the molecule is [N-]=[N+]=NC1=C(O)C(O)=C(O)[C@@H]2COC[C@H]12. The molecule has 1 fully saturated rings. The first-order chi connectivity index (χ1) is 7.16. The summed E-state index contributed by atoms with van der Waals surface area (Å²) in [5.41, 5.74) is 8.34. The van der Waals surface area contributed by atoms with Crippen LogP contribution in [0.1, 0.15) is 0 Å². The average Bonchev–Trinajstić information content (AvgIpc) is 2.70. The van der Waals surface area contributed by atoms with Crippen molar-refractivity contribution < 1.29 is 20.1 Å². The number of nitrogens with zero attached hydrogens (tertiary/aromatic N) is 3. The van der Waals surface area contributed by atoms with Gasteiger partial charge < -0.3 is 20.1 Å². The Hall–Kier alpha value is -1.85. The zero-order valence-electron chi connectivity index (χ0n) is 7.66. The minimum Gasteiger partial charge on any atom is -0.508 e. The van der Waals surface area contributed by atoms with E-state index >= 15 is 0 Å². The standard InChI is InChI=1S/C8H9N3O4/c9-11-10-5-3-1-15-2-4(3)6(12)8(14)7(5)13/h3-4,12-14H,1-2H2/t3-,4+/m0/s1.